The van der Waals surface area contributed by atoms with E-state index in [0.717, 1.165) is 41.9 Å². The van der Waals surface area contributed by atoms with Crippen molar-refractivity contribution in [3.8, 4) is 0 Å². The molecule has 0 atom stereocenters. The summed E-state index contributed by atoms with van der Waals surface area (Å²) < 4.78 is 27.7. The average molecular weight is 437 g/mol. The van der Waals surface area contributed by atoms with Gasteiger partial charge in [-0.3, -0.25) is 4.79 Å². The fourth-order valence-electron chi connectivity index (χ4n) is 4.28. The zero-order valence-electron chi connectivity index (χ0n) is 18.0. The van der Waals surface area contributed by atoms with Crippen LogP contribution in [-0.4, -0.2) is 17.6 Å². The summed E-state index contributed by atoms with van der Waals surface area (Å²) >= 11 is 0. The number of halogens is 2. The van der Waals surface area contributed by atoms with Gasteiger partial charge in [0, 0.05) is 36.6 Å². The topological polar surface area (TPSA) is 52.6 Å². The van der Waals surface area contributed by atoms with Crippen LogP contribution >= 0.6 is 0 Å². The fraction of sp³-hybridized carbons (Fsp3) is 0.269. The number of anilines is 3. The quantitative estimate of drug-likeness (QED) is 0.478. The Morgan fingerprint density at radius 2 is 1.81 bits per heavy atom. The molecule has 166 valence electrons. The van der Waals surface area contributed by atoms with Crippen LogP contribution in [0.4, 0.5) is 25.8 Å². The van der Waals surface area contributed by atoms with Crippen LogP contribution in [0.15, 0.2) is 54.6 Å². The molecule has 0 amide bonds. The fourth-order valence-corrected chi connectivity index (χ4v) is 4.28. The van der Waals surface area contributed by atoms with Gasteiger partial charge in [0.05, 0.1) is 0 Å². The first-order valence-corrected chi connectivity index (χ1v) is 10.8. The number of benzene rings is 3. The first-order chi connectivity index (χ1) is 15.4. The molecule has 1 aliphatic rings. The molecule has 0 spiro atoms. The lowest BCUT2D eigenvalue weighted by Gasteiger charge is -2.34. The summed E-state index contributed by atoms with van der Waals surface area (Å²) in [6.07, 6.45) is 2.12. The lowest BCUT2D eigenvalue weighted by molar-refractivity contribution is -0.136. The van der Waals surface area contributed by atoms with Gasteiger partial charge in [-0.25, -0.2) is 8.78 Å². The van der Waals surface area contributed by atoms with Crippen LogP contribution < -0.4 is 10.2 Å². The van der Waals surface area contributed by atoms with Crippen molar-refractivity contribution < 1.29 is 18.7 Å². The van der Waals surface area contributed by atoms with Crippen molar-refractivity contribution in [1.29, 1.82) is 0 Å². The smallest absolute Gasteiger partial charge is 0.303 e. The van der Waals surface area contributed by atoms with Gasteiger partial charge in [-0.1, -0.05) is 18.2 Å². The van der Waals surface area contributed by atoms with Gasteiger partial charge < -0.3 is 15.3 Å². The summed E-state index contributed by atoms with van der Waals surface area (Å²) in [6.45, 7) is 3.50. The van der Waals surface area contributed by atoms with Crippen LogP contribution in [0.1, 0.15) is 35.1 Å². The monoisotopic (exact) mass is 436 g/mol. The van der Waals surface area contributed by atoms with Gasteiger partial charge in [0.1, 0.15) is 11.6 Å². The predicted molar refractivity (Wildman–Crippen MR) is 123 cm³/mol. The van der Waals surface area contributed by atoms with Crippen LogP contribution in [0.2, 0.25) is 0 Å². The van der Waals surface area contributed by atoms with Crippen LogP contribution in [-0.2, 0) is 24.2 Å². The summed E-state index contributed by atoms with van der Waals surface area (Å²) in [7, 11) is 0. The molecular weight excluding hydrogens is 410 g/mol. The number of nitrogens with zero attached hydrogens (tertiary/aromatic N) is 1. The van der Waals surface area contributed by atoms with E-state index < -0.39 is 11.8 Å². The van der Waals surface area contributed by atoms with Crippen molar-refractivity contribution in [2.24, 2.45) is 0 Å². The number of aryl methyl sites for hydroxylation is 2. The molecule has 6 heteroatoms. The summed E-state index contributed by atoms with van der Waals surface area (Å²) in [5, 5.41) is 12.1. The molecule has 0 radical (unpaired) electrons. The Hall–Kier alpha value is -3.41. The van der Waals surface area contributed by atoms with Crippen molar-refractivity contribution in [2.45, 2.75) is 39.2 Å². The zero-order chi connectivity index (χ0) is 22.7. The molecule has 0 aromatic heterocycles. The second-order valence-corrected chi connectivity index (χ2v) is 8.14. The lowest BCUT2D eigenvalue weighted by atomic mass is 9.94. The molecule has 2 N–H and O–H groups in total. The Morgan fingerprint density at radius 3 is 2.53 bits per heavy atom. The van der Waals surface area contributed by atoms with Crippen molar-refractivity contribution in [3.63, 3.8) is 0 Å². The van der Waals surface area contributed by atoms with Gasteiger partial charge in [-0.15, -0.1) is 0 Å². The normalized spacial score (nSPS) is 13.0. The molecule has 32 heavy (non-hydrogen) atoms. The number of carboxylic acid groups (broad SMARTS) is 1. The van der Waals surface area contributed by atoms with E-state index in [-0.39, 0.29) is 18.7 Å². The highest BCUT2D eigenvalue weighted by molar-refractivity contribution is 5.72. The Bertz CT molecular complexity index is 1130. The third-order valence-corrected chi connectivity index (χ3v) is 6.01. The van der Waals surface area contributed by atoms with E-state index in [9.17, 15) is 13.6 Å². The van der Waals surface area contributed by atoms with Gasteiger partial charge in [-0.2, -0.15) is 0 Å². The van der Waals surface area contributed by atoms with Crippen molar-refractivity contribution in [3.05, 3.63) is 88.5 Å². The lowest BCUT2D eigenvalue weighted by Crippen LogP contribution is -2.26. The van der Waals surface area contributed by atoms with Crippen molar-refractivity contribution in [2.75, 3.05) is 16.8 Å². The minimum absolute atomic E-state index is 0.0947. The Kier molecular flexibility index (Phi) is 6.40. The number of hydrogen-bond donors (Lipinski definition) is 2. The minimum atomic E-state index is -0.941. The molecule has 1 heterocycles. The molecule has 0 aliphatic carbocycles. The highest BCUT2D eigenvalue weighted by atomic mass is 19.1. The van der Waals surface area contributed by atoms with Gasteiger partial charge in [-0.05, 0) is 84.8 Å². The van der Waals surface area contributed by atoms with E-state index in [0.29, 0.717) is 17.8 Å². The molecule has 4 rings (SSSR count). The summed E-state index contributed by atoms with van der Waals surface area (Å²) in [5.41, 5.74) is 6.71. The number of carboxylic acids is 1. The summed E-state index contributed by atoms with van der Waals surface area (Å²) in [6, 6.07) is 15.7. The largest absolute Gasteiger partial charge is 0.481 e. The molecule has 3 aromatic carbocycles. The van der Waals surface area contributed by atoms with Crippen LogP contribution in [0, 0.1) is 18.6 Å². The standard InChI is InChI=1S/C26H26F2N2O2/c1-17-20(16-29-22-10-6-18(24(28)15-22)7-13-25(31)32)5-4-19-3-2-14-30(26(17)19)23-11-8-21(27)9-12-23/h4-6,8-12,15,29H,2-3,7,13-14,16H2,1H3,(H,31,32). The highest BCUT2D eigenvalue weighted by Gasteiger charge is 2.22. The van der Waals surface area contributed by atoms with E-state index in [1.807, 2.05) is 12.1 Å². The van der Waals surface area contributed by atoms with Crippen LogP contribution in [0.25, 0.3) is 0 Å². The second kappa shape index (κ2) is 9.39. The van der Waals surface area contributed by atoms with E-state index in [1.54, 1.807) is 12.1 Å². The number of aliphatic carboxylic acids is 1. The molecule has 3 aromatic rings. The van der Waals surface area contributed by atoms with Gasteiger partial charge >= 0.3 is 5.97 Å². The molecule has 1 aliphatic heterocycles. The maximum absolute atomic E-state index is 14.3. The molecule has 0 unspecified atom stereocenters. The van der Waals surface area contributed by atoms with E-state index in [4.69, 9.17) is 5.11 Å². The number of fused-ring (bicyclic) bond motifs is 1. The Labute approximate surface area is 186 Å². The van der Waals surface area contributed by atoms with Gasteiger partial charge in [0.2, 0.25) is 0 Å². The molecular formula is C26H26F2N2O2. The Morgan fingerprint density at radius 1 is 1.06 bits per heavy atom. The first kappa shape index (κ1) is 21.8. The average Bonchev–Trinajstić information content (AvgIpc) is 2.78. The maximum Gasteiger partial charge on any atom is 0.303 e. The molecule has 4 nitrogen and oxygen atoms in total. The molecule has 0 fully saturated rings. The highest BCUT2D eigenvalue weighted by Crippen LogP contribution is 2.37. The maximum atomic E-state index is 14.3. The van der Waals surface area contributed by atoms with Crippen LogP contribution in [0.5, 0.6) is 0 Å². The van der Waals surface area contributed by atoms with Gasteiger partial charge in [0.15, 0.2) is 0 Å². The summed E-state index contributed by atoms with van der Waals surface area (Å²) in [4.78, 5) is 13.0. The second-order valence-electron chi connectivity index (χ2n) is 8.14. The third-order valence-electron chi connectivity index (χ3n) is 6.01. The zero-order valence-corrected chi connectivity index (χ0v) is 18.0. The number of rotatable bonds is 7. The number of hydrogen-bond acceptors (Lipinski definition) is 3. The van der Waals surface area contributed by atoms with E-state index in [1.165, 1.54) is 23.8 Å². The molecule has 0 saturated carbocycles. The first-order valence-electron chi connectivity index (χ1n) is 10.8. The summed E-state index contributed by atoms with van der Waals surface area (Å²) in [5.74, 6) is -1.59. The van der Waals surface area contributed by atoms with Gasteiger partial charge in [0.25, 0.3) is 0 Å². The van der Waals surface area contributed by atoms with Crippen molar-refractivity contribution in [1.82, 2.24) is 0 Å². The Balaban J connectivity index is 1.53. The van der Waals surface area contributed by atoms with Crippen molar-refractivity contribution >= 4 is 23.0 Å². The minimum Gasteiger partial charge on any atom is -0.481 e. The predicted octanol–water partition coefficient (Wildman–Crippen LogP) is 5.99. The molecule has 0 bridgehead atoms. The number of carbonyl (C=O) groups is 1. The van der Waals surface area contributed by atoms with E-state index in [2.05, 4.69) is 29.3 Å². The van der Waals surface area contributed by atoms with E-state index >= 15 is 0 Å². The van der Waals surface area contributed by atoms with Crippen LogP contribution in [0.3, 0.4) is 0 Å². The third kappa shape index (κ3) is 4.74. The SMILES string of the molecule is Cc1c(CNc2ccc(CCC(=O)O)c(F)c2)ccc2c1N(c1ccc(F)cc1)CCC2. The number of nitrogens with one attached hydrogen (secondary N) is 1. The molecule has 0 saturated heterocycles.